The van der Waals surface area contributed by atoms with E-state index in [0.717, 1.165) is 0 Å². The van der Waals surface area contributed by atoms with Crippen molar-refractivity contribution in [2.75, 3.05) is 11.9 Å². The van der Waals surface area contributed by atoms with E-state index in [1.165, 1.54) is 0 Å². The van der Waals surface area contributed by atoms with Gasteiger partial charge in [-0.25, -0.2) is 5.10 Å². The maximum atomic E-state index is 12.5. The number of rotatable bonds is 4. The average molecular weight is 320 g/mol. The third-order valence-electron chi connectivity index (χ3n) is 3.31. The predicted octanol–water partition coefficient (Wildman–Crippen LogP) is 2.08. The number of hydrogen-bond acceptors (Lipinski definition) is 5. The number of aromatic amines is 1. The lowest BCUT2D eigenvalue weighted by Crippen LogP contribution is -2.19. The summed E-state index contributed by atoms with van der Waals surface area (Å²) in [5.41, 5.74) is 0.259. The quantitative estimate of drug-likeness (QED) is 0.765. The van der Waals surface area contributed by atoms with E-state index in [1.807, 2.05) is 6.07 Å². The number of hydrogen-bond donors (Lipinski definition) is 2. The van der Waals surface area contributed by atoms with Gasteiger partial charge in [0.1, 0.15) is 11.8 Å². The highest BCUT2D eigenvalue weighted by atomic mass is 16.5. The largest absolute Gasteiger partial charge is 0.479 e. The minimum absolute atomic E-state index is 0.0798. The minimum atomic E-state index is -0.458. The van der Waals surface area contributed by atoms with Gasteiger partial charge >= 0.3 is 0 Å². The molecule has 118 valence electrons. The number of carbonyl (C=O) groups excluding carboxylic acids is 1. The number of H-pyrrole nitrogens is 1. The zero-order chi connectivity index (χ0) is 16.9. The lowest BCUT2D eigenvalue weighted by molar-refractivity contribution is 0.102. The van der Waals surface area contributed by atoms with Gasteiger partial charge in [-0.05, 0) is 18.2 Å². The number of nitrogens with one attached hydrogen (secondary N) is 2. The van der Waals surface area contributed by atoms with E-state index in [0.29, 0.717) is 22.2 Å². The van der Waals surface area contributed by atoms with Crippen LogP contribution in [0.3, 0.4) is 0 Å². The van der Waals surface area contributed by atoms with Crippen LogP contribution in [0.5, 0.6) is 5.75 Å². The molecule has 0 aliphatic heterocycles. The average Bonchev–Trinajstić information content (AvgIpc) is 2.61. The predicted molar refractivity (Wildman–Crippen MR) is 87.9 cm³/mol. The van der Waals surface area contributed by atoms with Crippen LogP contribution in [0.25, 0.3) is 10.8 Å². The molecule has 7 heteroatoms. The van der Waals surface area contributed by atoms with Crippen LogP contribution < -0.4 is 15.6 Å². The second-order valence-electron chi connectivity index (χ2n) is 4.88. The third kappa shape index (κ3) is 3.08. The molecule has 0 aliphatic carbocycles. The Morgan fingerprint density at radius 2 is 2.00 bits per heavy atom. The number of nitriles is 1. The lowest BCUT2D eigenvalue weighted by Gasteiger charge is -2.08. The summed E-state index contributed by atoms with van der Waals surface area (Å²) >= 11 is 0. The topological polar surface area (TPSA) is 108 Å². The highest BCUT2D eigenvalue weighted by Crippen LogP contribution is 2.19. The number of carbonyl (C=O) groups is 1. The van der Waals surface area contributed by atoms with E-state index < -0.39 is 5.91 Å². The molecule has 0 radical (unpaired) electrons. The van der Waals surface area contributed by atoms with Gasteiger partial charge in [0.2, 0.25) is 0 Å². The van der Waals surface area contributed by atoms with Crippen molar-refractivity contribution in [3.63, 3.8) is 0 Å². The van der Waals surface area contributed by atoms with Crippen LogP contribution in [0.2, 0.25) is 0 Å². The molecule has 0 fully saturated rings. The molecule has 24 heavy (non-hydrogen) atoms. The number of benzene rings is 2. The Kier molecular flexibility index (Phi) is 4.21. The molecule has 2 N–H and O–H groups in total. The van der Waals surface area contributed by atoms with Gasteiger partial charge in [-0.1, -0.05) is 24.3 Å². The molecule has 1 amide bonds. The van der Waals surface area contributed by atoms with Gasteiger partial charge in [-0.3, -0.25) is 9.59 Å². The molecule has 2 aromatic carbocycles. The zero-order valence-corrected chi connectivity index (χ0v) is 12.4. The first-order valence-corrected chi connectivity index (χ1v) is 7.07. The molecule has 1 heterocycles. The Balaban J connectivity index is 1.90. The fourth-order valence-electron chi connectivity index (χ4n) is 2.26. The molecular weight excluding hydrogens is 308 g/mol. The Bertz CT molecular complexity index is 1000. The first-order valence-electron chi connectivity index (χ1n) is 7.07. The fourth-order valence-corrected chi connectivity index (χ4v) is 2.26. The molecule has 0 bridgehead atoms. The van der Waals surface area contributed by atoms with E-state index >= 15 is 0 Å². The molecule has 0 saturated carbocycles. The van der Waals surface area contributed by atoms with Gasteiger partial charge in [0.05, 0.1) is 5.39 Å². The van der Waals surface area contributed by atoms with Gasteiger partial charge in [0, 0.05) is 17.1 Å². The van der Waals surface area contributed by atoms with Gasteiger partial charge in [0.15, 0.2) is 12.3 Å². The summed E-state index contributed by atoms with van der Waals surface area (Å²) in [6, 6.07) is 15.3. The number of amides is 1. The van der Waals surface area contributed by atoms with Crippen LogP contribution in [0.1, 0.15) is 10.5 Å². The van der Waals surface area contributed by atoms with Gasteiger partial charge in [0.25, 0.3) is 11.5 Å². The molecule has 0 atom stereocenters. The number of anilines is 1. The normalized spacial score (nSPS) is 10.1. The first kappa shape index (κ1) is 15.2. The van der Waals surface area contributed by atoms with Crippen molar-refractivity contribution < 1.29 is 9.53 Å². The van der Waals surface area contributed by atoms with Crippen molar-refractivity contribution in [2.45, 2.75) is 0 Å². The number of nitrogens with zero attached hydrogens (tertiary/aromatic N) is 2. The van der Waals surface area contributed by atoms with Crippen molar-refractivity contribution >= 4 is 22.4 Å². The summed E-state index contributed by atoms with van der Waals surface area (Å²) in [4.78, 5) is 24.2. The highest BCUT2D eigenvalue weighted by molar-refractivity contribution is 6.11. The molecule has 0 spiro atoms. The van der Waals surface area contributed by atoms with Crippen molar-refractivity contribution in [1.82, 2.24) is 10.2 Å². The van der Waals surface area contributed by atoms with E-state index in [4.69, 9.17) is 10.00 Å². The van der Waals surface area contributed by atoms with Crippen molar-refractivity contribution in [3.05, 3.63) is 64.6 Å². The van der Waals surface area contributed by atoms with Crippen LogP contribution in [0, 0.1) is 11.3 Å². The second kappa shape index (κ2) is 6.62. The Labute approximate surface area is 136 Å². The van der Waals surface area contributed by atoms with Crippen molar-refractivity contribution in [1.29, 1.82) is 5.26 Å². The fraction of sp³-hybridized carbons (Fsp3) is 0.0588. The summed E-state index contributed by atoms with van der Waals surface area (Å²) in [7, 11) is 0. The van der Waals surface area contributed by atoms with E-state index in [2.05, 4.69) is 15.5 Å². The molecule has 0 saturated heterocycles. The smallest absolute Gasteiger partial charge is 0.276 e. The van der Waals surface area contributed by atoms with Gasteiger partial charge in [-0.2, -0.15) is 10.4 Å². The second-order valence-corrected chi connectivity index (χ2v) is 4.88. The zero-order valence-electron chi connectivity index (χ0n) is 12.4. The minimum Gasteiger partial charge on any atom is -0.479 e. The van der Waals surface area contributed by atoms with E-state index in [1.54, 1.807) is 48.5 Å². The maximum Gasteiger partial charge on any atom is 0.276 e. The van der Waals surface area contributed by atoms with Crippen LogP contribution in [-0.4, -0.2) is 22.7 Å². The maximum absolute atomic E-state index is 12.5. The summed E-state index contributed by atoms with van der Waals surface area (Å²) in [5, 5.41) is 18.3. The van der Waals surface area contributed by atoms with Gasteiger partial charge in [-0.15, -0.1) is 0 Å². The standard InChI is InChI=1S/C17H12N4O3/c18-8-9-24-12-5-3-4-11(10-12)19-17(23)15-13-6-1-2-7-14(13)16(22)21-20-15/h1-7,10H,9H2,(H,19,23)(H,21,22). The third-order valence-corrected chi connectivity index (χ3v) is 3.31. The van der Waals surface area contributed by atoms with E-state index in [9.17, 15) is 9.59 Å². The van der Waals surface area contributed by atoms with Crippen LogP contribution in [-0.2, 0) is 0 Å². The number of ether oxygens (including phenoxy) is 1. The summed E-state index contributed by atoms with van der Waals surface area (Å²) in [6.45, 7) is -0.0798. The van der Waals surface area contributed by atoms with E-state index in [-0.39, 0.29) is 17.9 Å². The van der Waals surface area contributed by atoms with Crippen LogP contribution in [0.15, 0.2) is 53.3 Å². The van der Waals surface area contributed by atoms with Crippen LogP contribution in [0.4, 0.5) is 5.69 Å². The summed E-state index contributed by atoms with van der Waals surface area (Å²) in [6.07, 6.45) is 0. The van der Waals surface area contributed by atoms with Crippen LogP contribution >= 0.6 is 0 Å². The molecule has 3 rings (SSSR count). The molecule has 7 nitrogen and oxygen atoms in total. The summed E-state index contributed by atoms with van der Waals surface area (Å²) < 4.78 is 5.19. The first-order chi connectivity index (χ1) is 11.7. The van der Waals surface area contributed by atoms with Crippen molar-refractivity contribution in [3.8, 4) is 11.8 Å². The Morgan fingerprint density at radius 3 is 2.79 bits per heavy atom. The lowest BCUT2D eigenvalue weighted by atomic mass is 10.1. The Morgan fingerprint density at radius 1 is 1.21 bits per heavy atom. The highest BCUT2D eigenvalue weighted by Gasteiger charge is 2.14. The summed E-state index contributed by atoms with van der Waals surface area (Å²) in [5.74, 6) is 0.00789. The van der Waals surface area contributed by atoms with Gasteiger partial charge < -0.3 is 10.1 Å². The molecular formula is C17H12N4O3. The Hall–Kier alpha value is -3.66. The molecule has 0 unspecified atom stereocenters. The molecule has 0 aliphatic rings. The number of aromatic nitrogens is 2. The molecule has 3 aromatic rings. The van der Waals surface area contributed by atoms with Crippen molar-refractivity contribution in [2.24, 2.45) is 0 Å². The SMILES string of the molecule is N#CCOc1cccc(NC(=O)c2n[nH]c(=O)c3ccccc23)c1. The number of fused-ring (bicyclic) bond motifs is 1. The monoisotopic (exact) mass is 320 g/mol. The molecule has 1 aromatic heterocycles.